The Morgan fingerprint density at radius 1 is 0.806 bits per heavy atom. The second kappa shape index (κ2) is 8.75. The average Bonchev–Trinajstić information content (AvgIpc) is 3.29. The van der Waals surface area contributed by atoms with Crippen LogP contribution in [-0.2, 0) is 0 Å². The molecule has 3 aromatic heterocycles. The van der Waals surface area contributed by atoms with Gasteiger partial charge >= 0.3 is 0 Å². The first-order valence-electron chi connectivity index (χ1n) is 12.3. The number of piperazine rings is 1. The molecule has 1 aliphatic heterocycles. The van der Waals surface area contributed by atoms with E-state index >= 15 is 0 Å². The molecule has 5 aromatic rings. The molecule has 1 saturated heterocycles. The largest absolute Gasteiger partial charge is 0.353 e. The Bertz CT molecular complexity index is 1610. The quantitative estimate of drug-likeness (QED) is 0.372. The number of nitrogens with zero attached hydrogens (tertiary/aromatic N) is 6. The van der Waals surface area contributed by atoms with Gasteiger partial charge in [0.15, 0.2) is 5.82 Å². The van der Waals surface area contributed by atoms with Gasteiger partial charge in [0.25, 0.3) is 5.91 Å². The molecule has 180 valence electrons. The minimum Gasteiger partial charge on any atom is -0.353 e. The molecule has 0 spiro atoms. The molecule has 0 unspecified atom stereocenters. The summed E-state index contributed by atoms with van der Waals surface area (Å²) in [4.78, 5) is 27.3. The van der Waals surface area contributed by atoms with Crippen molar-refractivity contribution in [1.82, 2.24) is 24.6 Å². The van der Waals surface area contributed by atoms with E-state index in [4.69, 9.17) is 9.97 Å². The van der Waals surface area contributed by atoms with Crippen LogP contribution in [0.3, 0.4) is 0 Å². The molecule has 4 heterocycles. The smallest absolute Gasteiger partial charge is 0.257 e. The van der Waals surface area contributed by atoms with E-state index in [9.17, 15) is 4.79 Å². The first-order valence-corrected chi connectivity index (χ1v) is 12.3. The van der Waals surface area contributed by atoms with Gasteiger partial charge in [0.1, 0.15) is 5.82 Å². The zero-order chi connectivity index (χ0) is 24.8. The Balaban J connectivity index is 1.20. The van der Waals surface area contributed by atoms with Gasteiger partial charge in [-0.15, -0.1) is 0 Å². The molecule has 36 heavy (non-hydrogen) atoms. The van der Waals surface area contributed by atoms with Crippen molar-refractivity contribution in [2.24, 2.45) is 0 Å². The highest BCUT2D eigenvalue weighted by Crippen LogP contribution is 2.26. The lowest BCUT2D eigenvalue weighted by Gasteiger charge is -2.35. The van der Waals surface area contributed by atoms with Gasteiger partial charge in [-0.3, -0.25) is 4.79 Å². The maximum atomic E-state index is 13.4. The molecule has 7 heteroatoms. The Hall–Kier alpha value is -4.26. The van der Waals surface area contributed by atoms with Gasteiger partial charge in [-0.1, -0.05) is 36.4 Å². The molecule has 2 aromatic carbocycles. The predicted octanol–water partition coefficient (Wildman–Crippen LogP) is 4.86. The van der Waals surface area contributed by atoms with Crippen LogP contribution in [0.2, 0.25) is 0 Å². The number of aromatic nitrogens is 4. The van der Waals surface area contributed by atoms with Crippen LogP contribution in [0.25, 0.3) is 27.6 Å². The molecule has 1 aliphatic rings. The normalized spacial score (nSPS) is 14.1. The van der Waals surface area contributed by atoms with Crippen LogP contribution < -0.4 is 4.90 Å². The lowest BCUT2D eigenvalue weighted by atomic mass is 10.1. The zero-order valence-electron chi connectivity index (χ0n) is 20.8. The number of anilines is 1. The highest BCUT2D eigenvalue weighted by atomic mass is 16.2. The second-order valence-electron chi connectivity index (χ2n) is 9.47. The topological polar surface area (TPSA) is 67.2 Å². The summed E-state index contributed by atoms with van der Waals surface area (Å²) in [5.41, 5.74) is 5.78. The third-order valence-corrected chi connectivity index (χ3v) is 7.17. The van der Waals surface area contributed by atoms with Gasteiger partial charge in [0.05, 0.1) is 28.5 Å². The number of amides is 1. The second-order valence-corrected chi connectivity index (χ2v) is 9.47. The number of hydrogen-bond acceptors (Lipinski definition) is 5. The molecule has 7 nitrogen and oxygen atoms in total. The van der Waals surface area contributed by atoms with Gasteiger partial charge in [-0.2, -0.15) is 5.10 Å². The van der Waals surface area contributed by atoms with E-state index in [1.165, 1.54) is 16.5 Å². The molecule has 0 atom stereocenters. The first-order chi connectivity index (χ1) is 17.5. The zero-order valence-corrected chi connectivity index (χ0v) is 20.8. The van der Waals surface area contributed by atoms with E-state index in [2.05, 4.69) is 48.1 Å². The molecule has 6 rings (SSSR count). The van der Waals surface area contributed by atoms with Crippen LogP contribution >= 0.6 is 0 Å². The SMILES string of the molecule is Cc1cc(N2CCN(C(=O)c3cnn(-c4ccc5ccccc5n4)c3C)CC2)nc2c(C)cccc12. The van der Waals surface area contributed by atoms with Crippen LogP contribution in [-0.4, -0.2) is 56.7 Å². The summed E-state index contributed by atoms with van der Waals surface area (Å²) in [6, 6.07) is 20.4. The summed E-state index contributed by atoms with van der Waals surface area (Å²) < 4.78 is 1.75. The van der Waals surface area contributed by atoms with Crippen molar-refractivity contribution in [3.63, 3.8) is 0 Å². The standard InChI is InChI=1S/C29H28N6O/c1-19-7-6-9-23-20(2)17-27(32-28(19)23)33-13-15-34(16-14-33)29(36)24-18-30-35(21(24)3)26-12-11-22-8-4-5-10-25(22)31-26/h4-12,17-18H,13-16H2,1-3H3. The summed E-state index contributed by atoms with van der Waals surface area (Å²) in [5.74, 6) is 1.70. The number of aryl methyl sites for hydroxylation is 2. The Kier molecular flexibility index (Phi) is 5.40. The van der Waals surface area contributed by atoms with Gasteiger partial charge in [-0.05, 0) is 56.2 Å². The minimum absolute atomic E-state index is 0.0117. The van der Waals surface area contributed by atoms with Gasteiger partial charge in [-0.25, -0.2) is 14.6 Å². The van der Waals surface area contributed by atoms with Crippen molar-refractivity contribution in [2.45, 2.75) is 20.8 Å². The van der Waals surface area contributed by atoms with Crippen LogP contribution in [0.15, 0.2) is 66.9 Å². The Labute approximate surface area is 210 Å². The molecular formula is C29H28N6O. The van der Waals surface area contributed by atoms with E-state index in [1.807, 2.05) is 48.2 Å². The predicted molar refractivity (Wildman–Crippen MR) is 143 cm³/mol. The number of rotatable bonds is 3. The number of carbonyl (C=O) groups is 1. The third kappa shape index (κ3) is 3.77. The van der Waals surface area contributed by atoms with E-state index in [-0.39, 0.29) is 5.91 Å². The van der Waals surface area contributed by atoms with Crippen molar-refractivity contribution in [3.8, 4) is 5.82 Å². The maximum absolute atomic E-state index is 13.4. The Morgan fingerprint density at radius 2 is 1.61 bits per heavy atom. The van der Waals surface area contributed by atoms with Gasteiger partial charge in [0.2, 0.25) is 0 Å². The van der Waals surface area contributed by atoms with E-state index in [0.29, 0.717) is 24.5 Å². The lowest BCUT2D eigenvalue weighted by molar-refractivity contribution is 0.0745. The van der Waals surface area contributed by atoms with Crippen molar-refractivity contribution < 1.29 is 4.79 Å². The average molecular weight is 477 g/mol. The molecule has 1 amide bonds. The third-order valence-electron chi connectivity index (χ3n) is 7.17. The van der Waals surface area contributed by atoms with Gasteiger partial charge < -0.3 is 9.80 Å². The van der Waals surface area contributed by atoms with E-state index in [1.54, 1.807) is 10.9 Å². The van der Waals surface area contributed by atoms with Crippen molar-refractivity contribution in [2.75, 3.05) is 31.1 Å². The highest BCUT2D eigenvalue weighted by molar-refractivity contribution is 5.95. The van der Waals surface area contributed by atoms with Crippen molar-refractivity contribution in [3.05, 3.63) is 89.2 Å². The number of benzene rings is 2. The number of para-hydroxylation sites is 2. The molecular weight excluding hydrogens is 448 g/mol. The molecule has 0 radical (unpaired) electrons. The summed E-state index contributed by atoms with van der Waals surface area (Å²) in [7, 11) is 0. The Morgan fingerprint density at radius 3 is 2.44 bits per heavy atom. The van der Waals surface area contributed by atoms with Crippen LogP contribution in [0.5, 0.6) is 0 Å². The molecule has 1 fully saturated rings. The summed E-state index contributed by atoms with van der Waals surface area (Å²) in [6.07, 6.45) is 1.66. The fraction of sp³-hybridized carbons (Fsp3) is 0.241. The number of pyridine rings is 2. The minimum atomic E-state index is 0.0117. The summed E-state index contributed by atoms with van der Waals surface area (Å²) >= 11 is 0. The van der Waals surface area contributed by atoms with E-state index in [0.717, 1.165) is 41.0 Å². The van der Waals surface area contributed by atoms with Crippen LogP contribution in [0, 0.1) is 20.8 Å². The molecule has 0 bridgehead atoms. The number of hydrogen-bond donors (Lipinski definition) is 0. The molecule has 0 saturated carbocycles. The first kappa shape index (κ1) is 22.2. The summed E-state index contributed by atoms with van der Waals surface area (Å²) in [5, 5.41) is 6.78. The molecule has 0 aliphatic carbocycles. The van der Waals surface area contributed by atoms with Gasteiger partial charge in [0, 0.05) is 37.0 Å². The summed E-state index contributed by atoms with van der Waals surface area (Å²) in [6.45, 7) is 8.94. The monoisotopic (exact) mass is 476 g/mol. The highest BCUT2D eigenvalue weighted by Gasteiger charge is 2.26. The fourth-order valence-electron chi connectivity index (χ4n) is 5.04. The van der Waals surface area contributed by atoms with Crippen LogP contribution in [0.1, 0.15) is 27.2 Å². The number of carbonyl (C=O) groups excluding carboxylic acids is 1. The van der Waals surface area contributed by atoms with Crippen molar-refractivity contribution >= 4 is 33.5 Å². The lowest BCUT2D eigenvalue weighted by Crippen LogP contribution is -2.49. The maximum Gasteiger partial charge on any atom is 0.257 e. The van der Waals surface area contributed by atoms with E-state index < -0.39 is 0 Å². The fourth-order valence-corrected chi connectivity index (χ4v) is 5.04. The number of fused-ring (bicyclic) bond motifs is 2. The molecule has 0 N–H and O–H groups in total. The van der Waals surface area contributed by atoms with Crippen molar-refractivity contribution in [1.29, 1.82) is 0 Å². The van der Waals surface area contributed by atoms with Crippen LogP contribution in [0.4, 0.5) is 5.82 Å².